The molecule has 0 aliphatic carbocycles. The van der Waals surface area contributed by atoms with E-state index in [-0.39, 0.29) is 49.6 Å². The topological polar surface area (TPSA) is 215 Å². The number of benzene rings is 3. The summed E-state index contributed by atoms with van der Waals surface area (Å²) in [4.78, 5) is 25.5. The molecule has 3 heterocycles. The van der Waals surface area contributed by atoms with Gasteiger partial charge in [0, 0.05) is 23.3 Å². The Hall–Kier alpha value is -3.86. The number of fused-ring (bicyclic) bond motifs is 5. The van der Waals surface area contributed by atoms with Gasteiger partial charge in [0.2, 0.25) is 6.29 Å². The second kappa shape index (κ2) is 12.1. The van der Waals surface area contributed by atoms with Crippen LogP contribution in [0.15, 0.2) is 45.6 Å². The van der Waals surface area contributed by atoms with Crippen molar-refractivity contribution in [2.24, 2.45) is 0 Å². The molecule has 14 nitrogen and oxygen atoms in total. The van der Waals surface area contributed by atoms with Gasteiger partial charge in [0.1, 0.15) is 42.0 Å². The monoisotopic (exact) mass is 642 g/mol. The fraction of sp³-hybridized carbons (Fsp3) is 0.438. The van der Waals surface area contributed by atoms with Gasteiger partial charge < -0.3 is 58.7 Å². The Bertz CT molecular complexity index is 1870. The van der Waals surface area contributed by atoms with Gasteiger partial charge in [-0.15, -0.1) is 0 Å². The maximum Gasteiger partial charge on any atom is 0.344 e. The molecule has 46 heavy (non-hydrogen) atoms. The van der Waals surface area contributed by atoms with E-state index in [0.29, 0.717) is 5.56 Å². The minimum absolute atomic E-state index is 0.0107. The average Bonchev–Trinajstić information content (AvgIpc) is 3.01. The molecule has 3 aromatic carbocycles. The lowest BCUT2D eigenvalue weighted by molar-refractivity contribution is -0.353. The van der Waals surface area contributed by atoms with Crippen LogP contribution in [0.5, 0.6) is 11.5 Å². The standard InChI is InChI=1S/C32H34O14/c1-11-8-9-15(29(38)39)20-16-10-17(33)14-6-5-7-18(21(14)26(16)45-30(40)19(11)20)44-32-28(24(36)22(34)12(2)43-32)46-31-25(37)27(41-4)23(35)13(3)42-31/h5-10,12-13,22-25,27-28,31-37H,1-4H3,(H,38,39)/t12-,13-,22+,23+,24+,25+,27+,28+,31+,32-/m0/s1. The van der Waals surface area contributed by atoms with Gasteiger partial charge in [0.05, 0.1) is 28.5 Å². The van der Waals surface area contributed by atoms with E-state index in [1.54, 1.807) is 19.9 Å². The average molecular weight is 643 g/mol. The van der Waals surface area contributed by atoms with Gasteiger partial charge in [-0.1, -0.05) is 18.2 Å². The third kappa shape index (κ3) is 5.16. The van der Waals surface area contributed by atoms with Gasteiger partial charge in [-0.3, -0.25) is 0 Å². The number of rotatable bonds is 6. The van der Waals surface area contributed by atoms with Crippen molar-refractivity contribution in [3.05, 3.63) is 57.9 Å². The quantitative estimate of drug-likeness (QED) is 0.130. The van der Waals surface area contributed by atoms with Crippen LogP contribution in [-0.2, 0) is 18.9 Å². The number of hydrogen-bond donors (Lipinski definition) is 6. The second-order valence-electron chi connectivity index (χ2n) is 11.6. The van der Waals surface area contributed by atoms with E-state index in [1.807, 2.05) is 0 Å². The number of ether oxygens (including phenoxy) is 5. The molecule has 0 saturated carbocycles. The Kier molecular flexibility index (Phi) is 8.41. The summed E-state index contributed by atoms with van der Waals surface area (Å²) in [7, 11) is 1.30. The molecule has 4 aromatic rings. The van der Waals surface area contributed by atoms with Crippen molar-refractivity contribution >= 4 is 38.5 Å². The fourth-order valence-corrected chi connectivity index (χ4v) is 6.26. The summed E-state index contributed by atoms with van der Waals surface area (Å²) in [5.41, 5.74) is -0.584. The number of aryl methyl sites for hydroxylation is 1. The molecule has 10 atom stereocenters. The van der Waals surface area contributed by atoms with Crippen LogP contribution < -0.4 is 10.4 Å². The molecule has 1 aromatic heterocycles. The number of aliphatic hydroxyl groups excluding tert-OH is 4. The number of methoxy groups -OCH3 is 1. The summed E-state index contributed by atoms with van der Waals surface area (Å²) in [6.45, 7) is 4.67. The lowest BCUT2D eigenvalue weighted by atomic mass is 9.96. The third-order valence-corrected chi connectivity index (χ3v) is 8.74. The van der Waals surface area contributed by atoms with E-state index in [0.717, 1.165) is 0 Å². The van der Waals surface area contributed by atoms with Crippen molar-refractivity contribution in [2.75, 3.05) is 7.11 Å². The second-order valence-corrected chi connectivity index (χ2v) is 11.6. The number of phenols is 1. The van der Waals surface area contributed by atoms with Gasteiger partial charge in [0.25, 0.3) is 0 Å². The molecule has 0 spiro atoms. The van der Waals surface area contributed by atoms with Gasteiger partial charge in [-0.25, -0.2) is 9.59 Å². The fourth-order valence-electron chi connectivity index (χ4n) is 6.26. The van der Waals surface area contributed by atoms with Crippen LogP contribution in [0.3, 0.4) is 0 Å². The van der Waals surface area contributed by atoms with E-state index in [9.17, 15) is 40.2 Å². The molecule has 2 aliphatic heterocycles. The first-order valence-corrected chi connectivity index (χ1v) is 14.6. The first-order valence-electron chi connectivity index (χ1n) is 14.6. The van der Waals surface area contributed by atoms with Crippen LogP contribution >= 0.6 is 0 Å². The van der Waals surface area contributed by atoms with Gasteiger partial charge in [0.15, 0.2) is 18.0 Å². The SMILES string of the molecule is CO[C@H]1[C@@H](O)[C@@H](O[C@H]2[C@H](Oc3cccc4c(O)cc5c(oc(=O)c6c(C)ccc(C(=O)O)c65)c34)O[C@@H](C)[C@@H](O)[C@H]2O)O[C@@H](C)[C@H]1O. The molecule has 14 heteroatoms. The number of aliphatic hydroxyl groups is 4. The molecular weight excluding hydrogens is 608 g/mol. The van der Waals surface area contributed by atoms with E-state index in [2.05, 4.69) is 0 Å². The predicted molar refractivity (Wildman–Crippen MR) is 160 cm³/mol. The molecule has 0 bridgehead atoms. The van der Waals surface area contributed by atoms with Crippen LogP contribution in [-0.4, -0.2) is 105 Å². The molecule has 2 aliphatic rings. The number of hydrogen-bond acceptors (Lipinski definition) is 13. The minimum Gasteiger partial charge on any atom is -0.507 e. The third-order valence-electron chi connectivity index (χ3n) is 8.74. The van der Waals surface area contributed by atoms with Gasteiger partial charge >= 0.3 is 11.6 Å². The van der Waals surface area contributed by atoms with Gasteiger partial charge in [-0.2, -0.15) is 0 Å². The maximum atomic E-state index is 13.3. The Morgan fingerprint density at radius 3 is 2.22 bits per heavy atom. The Morgan fingerprint density at radius 2 is 1.52 bits per heavy atom. The van der Waals surface area contributed by atoms with Crippen molar-refractivity contribution in [3.8, 4) is 11.5 Å². The largest absolute Gasteiger partial charge is 0.507 e. The Morgan fingerprint density at radius 1 is 0.826 bits per heavy atom. The number of phenolic OH excluding ortho intramolecular Hbond substituents is 1. The van der Waals surface area contributed by atoms with Crippen molar-refractivity contribution in [1.82, 2.24) is 0 Å². The highest BCUT2D eigenvalue weighted by molar-refractivity contribution is 6.21. The first-order chi connectivity index (χ1) is 21.8. The first kappa shape index (κ1) is 32.1. The molecule has 2 saturated heterocycles. The molecule has 2 fully saturated rings. The summed E-state index contributed by atoms with van der Waals surface area (Å²) < 4.78 is 34.8. The van der Waals surface area contributed by atoms with Crippen molar-refractivity contribution in [1.29, 1.82) is 0 Å². The number of carboxylic acids is 1. The molecule has 246 valence electrons. The van der Waals surface area contributed by atoms with E-state index in [1.165, 1.54) is 44.4 Å². The molecule has 0 radical (unpaired) electrons. The summed E-state index contributed by atoms with van der Waals surface area (Å²) in [6, 6.07) is 8.74. The summed E-state index contributed by atoms with van der Waals surface area (Å²) in [5, 5.41) is 64.6. The Balaban J connectivity index is 1.49. The van der Waals surface area contributed by atoms with Crippen LogP contribution in [0.1, 0.15) is 29.8 Å². The summed E-state index contributed by atoms with van der Waals surface area (Å²) >= 11 is 0. The molecule has 0 amide bonds. The van der Waals surface area contributed by atoms with Gasteiger partial charge in [-0.05, 0) is 44.5 Å². The van der Waals surface area contributed by atoms with Crippen molar-refractivity contribution in [2.45, 2.75) is 82.2 Å². The minimum atomic E-state index is -1.62. The zero-order chi connectivity index (χ0) is 33.2. The normalized spacial score (nSPS) is 31.8. The van der Waals surface area contributed by atoms with Crippen LogP contribution in [0, 0.1) is 6.92 Å². The maximum absolute atomic E-state index is 13.3. The van der Waals surface area contributed by atoms with E-state index >= 15 is 0 Å². The summed E-state index contributed by atoms with van der Waals surface area (Å²) in [5.74, 6) is -1.56. The highest BCUT2D eigenvalue weighted by Crippen LogP contribution is 2.42. The highest BCUT2D eigenvalue weighted by Gasteiger charge is 2.50. The molecule has 6 rings (SSSR count). The summed E-state index contributed by atoms with van der Waals surface area (Å²) in [6.07, 6.45) is -13.0. The smallest absolute Gasteiger partial charge is 0.344 e. The number of aromatic hydroxyl groups is 1. The van der Waals surface area contributed by atoms with E-state index in [4.69, 9.17) is 28.1 Å². The van der Waals surface area contributed by atoms with Crippen LogP contribution in [0.4, 0.5) is 0 Å². The predicted octanol–water partition coefficient (Wildman–Crippen LogP) is 1.52. The zero-order valence-electron chi connectivity index (χ0n) is 25.2. The highest BCUT2D eigenvalue weighted by atomic mass is 16.8. The molecular formula is C32H34O14. The lowest BCUT2D eigenvalue weighted by Crippen LogP contribution is -2.64. The number of carbonyl (C=O) groups is 1. The van der Waals surface area contributed by atoms with Crippen molar-refractivity contribution in [3.63, 3.8) is 0 Å². The number of carboxylic acid groups (broad SMARTS) is 1. The molecule has 6 N–H and O–H groups in total. The Labute approximate surface area is 260 Å². The zero-order valence-corrected chi connectivity index (χ0v) is 25.2. The lowest BCUT2D eigenvalue weighted by Gasteiger charge is -2.46. The van der Waals surface area contributed by atoms with E-state index < -0.39 is 73.0 Å². The van der Waals surface area contributed by atoms with Crippen LogP contribution in [0.2, 0.25) is 0 Å². The van der Waals surface area contributed by atoms with Crippen LogP contribution in [0.25, 0.3) is 32.5 Å². The molecule has 0 unspecified atom stereocenters. The van der Waals surface area contributed by atoms with Crippen molar-refractivity contribution < 1.29 is 63.5 Å². The number of aromatic carboxylic acids is 1.